The van der Waals surface area contributed by atoms with Crippen molar-refractivity contribution in [1.82, 2.24) is 15.1 Å². The van der Waals surface area contributed by atoms with Crippen molar-refractivity contribution < 1.29 is 0 Å². The molecule has 2 unspecified atom stereocenters. The van der Waals surface area contributed by atoms with E-state index >= 15 is 0 Å². The SMILES string of the molecule is CCC1CN(C)CCCN1CCC1CSCCN1. The van der Waals surface area contributed by atoms with Crippen molar-refractivity contribution in [3.63, 3.8) is 0 Å². The highest BCUT2D eigenvalue weighted by atomic mass is 32.2. The summed E-state index contributed by atoms with van der Waals surface area (Å²) in [5.74, 6) is 2.60. The van der Waals surface area contributed by atoms with Crippen molar-refractivity contribution in [3.8, 4) is 0 Å². The number of hydrogen-bond acceptors (Lipinski definition) is 4. The van der Waals surface area contributed by atoms with Gasteiger partial charge in [-0.2, -0.15) is 11.8 Å². The lowest BCUT2D eigenvalue weighted by molar-refractivity contribution is 0.176. The van der Waals surface area contributed by atoms with Crippen LogP contribution < -0.4 is 5.32 Å². The summed E-state index contributed by atoms with van der Waals surface area (Å²) in [7, 11) is 2.27. The minimum Gasteiger partial charge on any atom is -0.312 e. The molecule has 0 aliphatic carbocycles. The van der Waals surface area contributed by atoms with Gasteiger partial charge in [0.25, 0.3) is 0 Å². The molecule has 0 spiro atoms. The molecule has 2 aliphatic heterocycles. The van der Waals surface area contributed by atoms with Crippen LogP contribution in [0.15, 0.2) is 0 Å². The average Bonchev–Trinajstić information content (AvgIpc) is 2.59. The maximum absolute atomic E-state index is 3.66. The molecule has 2 rings (SSSR count). The maximum atomic E-state index is 3.66. The maximum Gasteiger partial charge on any atom is 0.0220 e. The van der Waals surface area contributed by atoms with E-state index in [9.17, 15) is 0 Å². The standard InChI is InChI=1S/C14H29N3S/c1-3-14-11-16(2)7-4-8-17(14)9-5-13-12-18-10-6-15-13/h13-15H,3-12H2,1-2H3. The first-order valence-electron chi connectivity index (χ1n) is 7.53. The van der Waals surface area contributed by atoms with E-state index in [0.717, 1.165) is 12.1 Å². The number of thioether (sulfide) groups is 1. The Morgan fingerprint density at radius 2 is 2.22 bits per heavy atom. The second kappa shape index (κ2) is 7.73. The van der Waals surface area contributed by atoms with E-state index in [0.29, 0.717) is 0 Å². The van der Waals surface area contributed by atoms with Crippen LogP contribution in [-0.2, 0) is 0 Å². The monoisotopic (exact) mass is 271 g/mol. The minimum absolute atomic E-state index is 0.752. The topological polar surface area (TPSA) is 18.5 Å². The molecule has 2 saturated heterocycles. The number of hydrogen-bond donors (Lipinski definition) is 1. The molecule has 1 N–H and O–H groups in total. The first kappa shape index (κ1) is 14.6. The summed E-state index contributed by atoms with van der Waals surface area (Å²) >= 11 is 2.11. The average molecular weight is 271 g/mol. The molecule has 3 nitrogen and oxygen atoms in total. The number of nitrogens with zero attached hydrogens (tertiary/aromatic N) is 2. The van der Waals surface area contributed by atoms with Crippen LogP contribution >= 0.6 is 11.8 Å². The van der Waals surface area contributed by atoms with Crippen LogP contribution in [0.4, 0.5) is 0 Å². The molecule has 2 fully saturated rings. The third kappa shape index (κ3) is 4.41. The summed E-state index contributed by atoms with van der Waals surface area (Å²) in [6, 6.07) is 1.52. The Morgan fingerprint density at radius 3 is 2.94 bits per heavy atom. The Kier molecular flexibility index (Phi) is 6.29. The lowest BCUT2D eigenvalue weighted by Crippen LogP contribution is -2.44. The third-order valence-corrected chi connectivity index (χ3v) is 5.39. The highest BCUT2D eigenvalue weighted by Crippen LogP contribution is 2.15. The van der Waals surface area contributed by atoms with Crippen LogP contribution in [0.25, 0.3) is 0 Å². The third-order valence-electron chi connectivity index (χ3n) is 4.26. The molecule has 0 aromatic heterocycles. The lowest BCUT2D eigenvalue weighted by atomic mass is 10.1. The molecule has 0 aromatic rings. The van der Waals surface area contributed by atoms with Gasteiger partial charge in [0, 0.05) is 36.7 Å². The van der Waals surface area contributed by atoms with Gasteiger partial charge in [0.15, 0.2) is 0 Å². The molecule has 2 aliphatic rings. The molecule has 0 aromatic carbocycles. The van der Waals surface area contributed by atoms with Crippen molar-refractivity contribution >= 4 is 11.8 Å². The predicted molar refractivity (Wildman–Crippen MR) is 81.5 cm³/mol. The van der Waals surface area contributed by atoms with E-state index < -0.39 is 0 Å². The molecule has 4 heteroatoms. The van der Waals surface area contributed by atoms with Crippen molar-refractivity contribution in [2.45, 2.75) is 38.3 Å². The summed E-state index contributed by atoms with van der Waals surface area (Å²) in [5.41, 5.74) is 0. The van der Waals surface area contributed by atoms with Gasteiger partial charge in [0.1, 0.15) is 0 Å². The van der Waals surface area contributed by atoms with Gasteiger partial charge in [-0.1, -0.05) is 6.92 Å². The smallest absolute Gasteiger partial charge is 0.0220 e. The van der Waals surface area contributed by atoms with Crippen molar-refractivity contribution in [1.29, 1.82) is 0 Å². The summed E-state index contributed by atoms with van der Waals surface area (Å²) in [6.07, 6.45) is 3.95. The molecule has 0 bridgehead atoms. The van der Waals surface area contributed by atoms with Crippen molar-refractivity contribution in [2.75, 3.05) is 51.3 Å². The first-order valence-corrected chi connectivity index (χ1v) is 8.68. The summed E-state index contributed by atoms with van der Waals surface area (Å²) in [4.78, 5) is 5.24. The van der Waals surface area contributed by atoms with E-state index in [1.165, 1.54) is 63.5 Å². The normalized spacial score (nSPS) is 32.3. The zero-order chi connectivity index (χ0) is 12.8. The van der Waals surface area contributed by atoms with E-state index in [1.54, 1.807) is 0 Å². The molecule has 106 valence electrons. The van der Waals surface area contributed by atoms with E-state index in [2.05, 4.69) is 40.8 Å². The van der Waals surface area contributed by atoms with Gasteiger partial charge < -0.3 is 10.2 Å². The van der Waals surface area contributed by atoms with Gasteiger partial charge in [-0.15, -0.1) is 0 Å². The molecule has 0 radical (unpaired) electrons. The number of nitrogens with one attached hydrogen (secondary N) is 1. The fourth-order valence-corrected chi connectivity index (χ4v) is 4.10. The molecular weight excluding hydrogens is 242 g/mol. The molecule has 18 heavy (non-hydrogen) atoms. The van der Waals surface area contributed by atoms with Crippen LogP contribution in [0, 0.1) is 0 Å². The molecule has 2 heterocycles. The van der Waals surface area contributed by atoms with Crippen LogP contribution in [0.2, 0.25) is 0 Å². The first-order chi connectivity index (χ1) is 8.79. The largest absolute Gasteiger partial charge is 0.312 e. The summed E-state index contributed by atoms with van der Waals surface area (Å²) in [6.45, 7) is 8.64. The highest BCUT2D eigenvalue weighted by Gasteiger charge is 2.23. The van der Waals surface area contributed by atoms with Crippen LogP contribution in [0.1, 0.15) is 26.2 Å². The highest BCUT2D eigenvalue weighted by molar-refractivity contribution is 7.99. The second-order valence-electron chi connectivity index (χ2n) is 5.73. The summed E-state index contributed by atoms with van der Waals surface area (Å²) in [5, 5.41) is 3.66. The van der Waals surface area contributed by atoms with Crippen molar-refractivity contribution in [3.05, 3.63) is 0 Å². The second-order valence-corrected chi connectivity index (χ2v) is 6.88. The predicted octanol–water partition coefficient (Wildman–Crippen LogP) is 1.50. The van der Waals surface area contributed by atoms with Crippen molar-refractivity contribution in [2.24, 2.45) is 0 Å². The summed E-state index contributed by atoms with van der Waals surface area (Å²) < 4.78 is 0. The van der Waals surface area contributed by atoms with E-state index in [1.807, 2.05) is 0 Å². The van der Waals surface area contributed by atoms with Gasteiger partial charge in [0.05, 0.1) is 0 Å². The lowest BCUT2D eigenvalue weighted by Gasteiger charge is -2.32. The molecular formula is C14H29N3S. The molecule has 2 atom stereocenters. The number of rotatable bonds is 4. The van der Waals surface area contributed by atoms with Gasteiger partial charge in [-0.05, 0) is 45.9 Å². The Hall–Kier alpha value is 0.230. The van der Waals surface area contributed by atoms with Gasteiger partial charge in [-0.25, -0.2) is 0 Å². The quantitative estimate of drug-likeness (QED) is 0.835. The van der Waals surface area contributed by atoms with E-state index in [-0.39, 0.29) is 0 Å². The fourth-order valence-electron chi connectivity index (χ4n) is 3.10. The van der Waals surface area contributed by atoms with Crippen LogP contribution in [0.3, 0.4) is 0 Å². The van der Waals surface area contributed by atoms with Gasteiger partial charge in [-0.3, -0.25) is 4.90 Å². The van der Waals surface area contributed by atoms with Gasteiger partial charge in [0.2, 0.25) is 0 Å². The van der Waals surface area contributed by atoms with Gasteiger partial charge >= 0.3 is 0 Å². The Morgan fingerprint density at radius 1 is 1.33 bits per heavy atom. The Labute approximate surface area is 117 Å². The van der Waals surface area contributed by atoms with E-state index in [4.69, 9.17) is 0 Å². The Balaban J connectivity index is 1.78. The number of likely N-dealkylation sites (N-methyl/N-ethyl adjacent to an activating group) is 1. The zero-order valence-electron chi connectivity index (χ0n) is 12.0. The van der Waals surface area contributed by atoms with Crippen LogP contribution in [-0.4, -0.2) is 73.2 Å². The fraction of sp³-hybridized carbons (Fsp3) is 1.00. The van der Waals surface area contributed by atoms with Crippen LogP contribution in [0.5, 0.6) is 0 Å². The Bertz CT molecular complexity index is 231. The zero-order valence-corrected chi connectivity index (χ0v) is 12.8. The molecule has 0 amide bonds. The minimum atomic E-state index is 0.752. The molecule has 0 saturated carbocycles.